The fourth-order valence-electron chi connectivity index (χ4n) is 1.40. The summed E-state index contributed by atoms with van der Waals surface area (Å²) >= 11 is 2.95. The van der Waals surface area contributed by atoms with E-state index in [9.17, 15) is 13.2 Å². The second-order valence-corrected chi connectivity index (χ2v) is 4.16. The minimum absolute atomic E-state index is 0.0622. The predicted molar refractivity (Wildman–Crippen MR) is 48.9 cm³/mol. The number of rotatable bonds is 1. The molecule has 0 radical (unpaired) electrons. The summed E-state index contributed by atoms with van der Waals surface area (Å²) in [7, 11) is 0. The average molecular weight is 266 g/mol. The van der Waals surface area contributed by atoms with E-state index in [2.05, 4.69) is 20.9 Å². The van der Waals surface area contributed by atoms with E-state index in [-0.39, 0.29) is 10.5 Å². The van der Waals surface area contributed by atoms with Crippen LogP contribution in [0.2, 0.25) is 0 Å². The summed E-state index contributed by atoms with van der Waals surface area (Å²) in [5, 5.41) is 0. The predicted octanol–water partition coefficient (Wildman–Crippen LogP) is 3.74. The van der Waals surface area contributed by atoms with Gasteiger partial charge in [0.25, 0.3) is 0 Å². The molecule has 0 unspecified atom stereocenters. The number of hydrogen-bond acceptors (Lipinski definition) is 1. The quantitative estimate of drug-likeness (QED) is 0.705. The van der Waals surface area contributed by atoms with Gasteiger partial charge in [0.2, 0.25) is 0 Å². The normalized spacial score (nSPS) is 17.1. The van der Waals surface area contributed by atoms with Crippen LogP contribution in [-0.4, -0.2) is 4.98 Å². The number of hydrogen-bond donors (Lipinski definition) is 0. The first kappa shape index (κ1) is 9.96. The van der Waals surface area contributed by atoms with Gasteiger partial charge in [-0.2, -0.15) is 13.2 Å². The minimum atomic E-state index is -4.35. The molecule has 1 aliphatic rings. The first-order chi connectivity index (χ1) is 6.48. The Bertz CT molecular complexity index is 358. The molecule has 0 saturated heterocycles. The Morgan fingerprint density at radius 1 is 1.29 bits per heavy atom. The largest absolute Gasteiger partial charge is 0.433 e. The standard InChI is InChI=1S/C9H7BrF3N/c10-7-4-3-6(5-1-2-5)8(14-7)9(11,12)13/h3-5H,1-2H2. The number of nitrogens with zero attached hydrogens (tertiary/aromatic N) is 1. The van der Waals surface area contributed by atoms with Crippen molar-refractivity contribution in [3.8, 4) is 0 Å². The van der Waals surface area contributed by atoms with E-state index in [4.69, 9.17) is 0 Å². The average Bonchev–Trinajstić information content (AvgIpc) is 2.85. The number of pyridine rings is 1. The molecule has 0 aliphatic heterocycles. The molecule has 0 N–H and O–H groups in total. The number of halogens is 4. The van der Waals surface area contributed by atoms with Crippen LogP contribution in [0.1, 0.15) is 30.0 Å². The van der Waals surface area contributed by atoms with Crippen LogP contribution in [0, 0.1) is 0 Å². The summed E-state index contributed by atoms with van der Waals surface area (Å²) < 4.78 is 37.8. The van der Waals surface area contributed by atoms with Crippen molar-refractivity contribution in [1.29, 1.82) is 0 Å². The maximum absolute atomic E-state index is 12.5. The van der Waals surface area contributed by atoms with Crippen molar-refractivity contribution in [1.82, 2.24) is 4.98 Å². The van der Waals surface area contributed by atoms with E-state index < -0.39 is 11.9 Å². The Balaban J connectivity index is 2.48. The van der Waals surface area contributed by atoms with Crippen LogP contribution >= 0.6 is 15.9 Å². The zero-order valence-corrected chi connectivity index (χ0v) is 8.69. The first-order valence-corrected chi connectivity index (χ1v) is 5.01. The SMILES string of the molecule is FC(F)(F)c1nc(Br)ccc1C1CC1. The van der Waals surface area contributed by atoms with Crippen molar-refractivity contribution in [2.45, 2.75) is 24.9 Å². The second-order valence-electron chi connectivity index (χ2n) is 3.34. The highest BCUT2D eigenvalue weighted by Crippen LogP contribution is 2.45. The molecule has 1 aromatic heterocycles. The highest BCUT2D eigenvalue weighted by Gasteiger charge is 2.39. The van der Waals surface area contributed by atoms with E-state index in [1.165, 1.54) is 6.07 Å². The van der Waals surface area contributed by atoms with E-state index in [0.717, 1.165) is 12.8 Å². The van der Waals surface area contributed by atoms with Crippen LogP contribution in [0.3, 0.4) is 0 Å². The highest BCUT2D eigenvalue weighted by atomic mass is 79.9. The Kier molecular flexibility index (Phi) is 2.29. The van der Waals surface area contributed by atoms with Crippen molar-refractivity contribution < 1.29 is 13.2 Å². The molecule has 1 nitrogen and oxygen atoms in total. The molecule has 0 amide bonds. The Hall–Kier alpha value is -0.580. The molecule has 14 heavy (non-hydrogen) atoms. The van der Waals surface area contributed by atoms with Crippen LogP contribution in [0.25, 0.3) is 0 Å². The van der Waals surface area contributed by atoms with E-state index in [0.29, 0.717) is 5.56 Å². The molecule has 1 aromatic rings. The van der Waals surface area contributed by atoms with E-state index in [1.807, 2.05) is 0 Å². The molecule has 1 fully saturated rings. The lowest BCUT2D eigenvalue weighted by molar-refractivity contribution is -0.141. The lowest BCUT2D eigenvalue weighted by atomic mass is 10.1. The van der Waals surface area contributed by atoms with Gasteiger partial charge in [0.15, 0.2) is 0 Å². The summed E-state index contributed by atoms with van der Waals surface area (Å²) in [6.45, 7) is 0. The van der Waals surface area contributed by atoms with Gasteiger partial charge in [-0.1, -0.05) is 6.07 Å². The summed E-state index contributed by atoms with van der Waals surface area (Å²) in [4.78, 5) is 3.50. The lowest BCUT2D eigenvalue weighted by Crippen LogP contribution is -2.11. The second kappa shape index (κ2) is 3.22. The van der Waals surface area contributed by atoms with Crippen LogP contribution in [0.4, 0.5) is 13.2 Å². The maximum atomic E-state index is 12.5. The van der Waals surface area contributed by atoms with Gasteiger partial charge >= 0.3 is 6.18 Å². The Morgan fingerprint density at radius 2 is 1.93 bits per heavy atom. The van der Waals surface area contributed by atoms with Gasteiger partial charge in [0, 0.05) is 0 Å². The molecule has 0 spiro atoms. The summed E-state index contributed by atoms with van der Waals surface area (Å²) in [5.41, 5.74) is -0.407. The maximum Gasteiger partial charge on any atom is 0.433 e. The molecule has 0 bridgehead atoms. The number of aromatic nitrogens is 1. The van der Waals surface area contributed by atoms with Crippen molar-refractivity contribution in [2.24, 2.45) is 0 Å². The van der Waals surface area contributed by atoms with Gasteiger partial charge in [-0.25, -0.2) is 4.98 Å². The van der Waals surface area contributed by atoms with Crippen molar-refractivity contribution in [2.75, 3.05) is 0 Å². The van der Waals surface area contributed by atoms with Crippen LogP contribution < -0.4 is 0 Å². The van der Waals surface area contributed by atoms with Crippen LogP contribution in [0.5, 0.6) is 0 Å². The molecular formula is C9H7BrF3N. The smallest absolute Gasteiger partial charge is 0.236 e. The van der Waals surface area contributed by atoms with E-state index >= 15 is 0 Å². The third-order valence-corrected chi connectivity index (χ3v) is 2.62. The molecule has 0 atom stereocenters. The summed E-state index contributed by atoms with van der Waals surface area (Å²) in [6, 6.07) is 3.07. The lowest BCUT2D eigenvalue weighted by Gasteiger charge is -2.11. The van der Waals surface area contributed by atoms with Gasteiger partial charge in [0.1, 0.15) is 10.3 Å². The molecule has 0 aromatic carbocycles. The molecule has 1 saturated carbocycles. The van der Waals surface area contributed by atoms with Crippen molar-refractivity contribution in [3.63, 3.8) is 0 Å². The molecule has 2 rings (SSSR count). The van der Waals surface area contributed by atoms with Gasteiger partial charge in [-0.3, -0.25) is 0 Å². The van der Waals surface area contributed by atoms with Crippen molar-refractivity contribution >= 4 is 15.9 Å². The topological polar surface area (TPSA) is 12.9 Å². The van der Waals surface area contributed by atoms with Gasteiger partial charge in [-0.05, 0) is 46.3 Å². The molecule has 76 valence electrons. The van der Waals surface area contributed by atoms with Crippen LogP contribution in [-0.2, 0) is 6.18 Å². The Labute approximate surface area is 87.5 Å². The zero-order chi connectivity index (χ0) is 10.3. The fraction of sp³-hybridized carbons (Fsp3) is 0.444. The molecule has 5 heteroatoms. The molecular weight excluding hydrogens is 259 g/mol. The summed E-state index contributed by atoms with van der Waals surface area (Å²) in [5.74, 6) is 0.0622. The van der Waals surface area contributed by atoms with Gasteiger partial charge < -0.3 is 0 Å². The van der Waals surface area contributed by atoms with Gasteiger partial charge in [-0.15, -0.1) is 0 Å². The van der Waals surface area contributed by atoms with Crippen LogP contribution in [0.15, 0.2) is 16.7 Å². The zero-order valence-electron chi connectivity index (χ0n) is 7.11. The number of alkyl halides is 3. The third-order valence-electron chi connectivity index (χ3n) is 2.18. The highest BCUT2D eigenvalue weighted by molar-refractivity contribution is 9.10. The third kappa shape index (κ3) is 1.92. The van der Waals surface area contributed by atoms with Crippen molar-refractivity contribution in [3.05, 3.63) is 28.0 Å². The first-order valence-electron chi connectivity index (χ1n) is 4.22. The van der Waals surface area contributed by atoms with E-state index in [1.54, 1.807) is 6.07 Å². The molecule has 1 heterocycles. The molecule has 1 aliphatic carbocycles. The Morgan fingerprint density at radius 3 is 2.43 bits per heavy atom. The van der Waals surface area contributed by atoms with Gasteiger partial charge in [0.05, 0.1) is 0 Å². The summed E-state index contributed by atoms with van der Waals surface area (Å²) in [6.07, 6.45) is -2.67. The minimum Gasteiger partial charge on any atom is -0.236 e. The monoisotopic (exact) mass is 265 g/mol. The fourth-order valence-corrected chi connectivity index (χ4v) is 1.71.